The van der Waals surface area contributed by atoms with Crippen molar-refractivity contribution in [3.63, 3.8) is 0 Å². The van der Waals surface area contributed by atoms with Gasteiger partial charge in [-0.1, -0.05) is 24.3 Å². The molecule has 6 nitrogen and oxygen atoms in total. The zero-order valence-corrected chi connectivity index (χ0v) is 14.1. The molecule has 26 heavy (non-hydrogen) atoms. The molecular formula is C19H17FN2O4. The highest BCUT2D eigenvalue weighted by Crippen LogP contribution is 2.23. The summed E-state index contributed by atoms with van der Waals surface area (Å²) in [4.78, 5) is 25.5. The molecule has 0 aliphatic carbocycles. The third-order valence-electron chi connectivity index (χ3n) is 3.68. The molecule has 0 aliphatic heterocycles. The van der Waals surface area contributed by atoms with Gasteiger partial charge in [-0.25, -0.2) is 9.18 Å². The van der Waals surface area contributed by atoms with Gasteiger partial charge in [-0.15, -0.1) is 0 Å². The number of hydrogen-bond acceptors (Lipinski definition) is 5. The maximum absolute atomic E-state index is 14.0. The maximum atomic E-state index is 14.0. The Morgan fingerprint density at radius 3 is 2.65 bits per heavy atom. The lowest BCUT2D eigenvalue weighted by molar-refractivity contribution is -0.121. The molecule has 0 bridgehead atoms. The Labute approximate surface area is 150 Å². The summed E-state index contributed by atoms with van der Waals surface area (Å²) in [5, 5.41) is 18.6. The molecule has 1 N–H and O–H groups in total. The average Bonchev–Trinajstić information content (AvgIpc) is 2.63. The fraction of sp³-hybridized carbons (Fsp3) is 0.211. The normalized spacial score (nSPS) is 10.0. The molecule has 0 radical (unpaired) electrons. The van der Waals surface area contributed by atoms with Crippen LogP contribution in [0.4, 0.5) is 10.1 Å². The number of benzene rings is 2. The molecule has 7 heteroatoms. The summed E-state index contributed by atoms with van der Waals surface area (Å²) < 4.78 is 18.9. The molecular weight excluding hydrogens is 339 g/mol. The second-order valence-corrected chi connectivity index (χ2v) is 5.45. The summed E-state index contributed by atoms with van der Waals surface area (Å²) in [6.45, 7) is 0.939. The van der Waals surface area contributed by atoms with Crippen molar-refractivity contribution >= 4 is 17.6 Å². The van der Waals surface area contributed by atoms with Crippen LogP contribution < -0.4 is 4.90 Å². The number of amides is 1. The number of esters is 1. The van der Waals surface area contributed by atoms with Crippen molar-refractivity contribution in [1.82, 2.24) is 0 Å². The molecule has 0 spiro atoms. The minimum Gasteiger partial charge on any atom is -0.507 e. The van der Waals surface area contributed by atoms with Crippen molar-refractivity contribution in [2.75, 3.05) is 18.1 Å². The van der Waals surface area contributed by atoms with Crippen molar-refractivity contribution in [3.05, 3.63) is 59.4 Å². The molecule has 1 amide bonds. The van der Waals surface area contributed by atoms with Gasteiger partial charge in [0.2, 0.25) is 0 Å². The van der Waals surface area contributed by atoms with Gasteiger partial charge in [-0.3, -0.25) is 4.79 Å². The first-order chi connectivity index (χ1) is 12.5. The fourth-order valence-electron chi connectivity index (χ4n) is 2.32. The van der Waals surface area contributed by atoms with Crippen LogP contribution in [0.15, 0.2) is 42.5 Å². The molecule has 2 aromatic carbocycles. The highest BCUT2D eigenvalue weighted by atomic mass is 19.1. The topological polar surface area (TPSA) is 90.6 Å². The lowest BCUT2D eigenvalue weighted by Gasteiger charge is -2.22. The predicted octanol–water partition coefficient (Wildman–Crippen LogP) is 2.94. The Hall–Kier alpha value is -3.40. The molecule has 0 unspecified atom stereocenters. The van der Waals surface area contributed by atoms with Gasteiger partial charge in [0.25, 0.3) is 5.91 Å². The van der Waals surface area contributed by atoms with Crippen LogP contribution >= 0.6 is 0 Å². The quantitative estimate of drug-likeness (QED) is 0.804. The number of phenols is 1. The Morgan fingerprint density at radius 2 is 1.96 bits per heavy atom. The van der Waals surface area contributed by atoms with Crippen molar-refractivity contribution in [2.45, 2.75) is 13.3 Å². The van der Waals surface area contributed by atoms with E-state index in [9.17, 15) is 19.1 Å². The van der Waals surface area contributed by atoms with E-state index in [1.54, 1.807) is 25.1 Å². The Kier molecular flexibility index (Phi) is 6.28. The first-order valence-electron chi connectivity index (χ1n) is 7.83. The second-order valence-electron chi connectivity index (χ2n) is 5.45. The van der Waals surface area contributed by atoms with Crippen LogP contribution in [0.3, 0.4) is 0 Å². The van der Waals surface area contributed by atoms with E-state index >= 15 is 0 Å². The van der Waals surface area contributed by atoms with Crippen LogP contribution in [0, 0.1) is 24.1 Å². The highest BCUT2D eigenvalue weighted by Gasteiger charge is 2.21. The molecule has 0 aromatic heterocycles. The van der Waals surface area contributed by atoms with Crippen LogP contribution in [-0.4, -0.2) is 30.1 Å². The first kappa shape index (κ1) is 18.9. The molecule has 134 valence electrons. The van der Waals surface area contributed by atoms with Crippen LogP contribution in [-0.2, 0) is 9.53 Å². The van der Waals surface area contributed by atoms with Gasteiger partial charge in [0.15, 0.2) is 6.61 Å². The maximum Gasteiger partial charge on any atom is 0.342 e. The van der Waals surface area contributed by atoms with Gasteiger partial charge in [-0.05, 0) is 30.7 Å². The second kappa shape index (κ2) is 8.62. The number of carbonyl (C=O) groups excluding carboxylic acids is 2. The number of aryl methyl sites for hydroxylation is 1. The molecule has 0 saturated carbocycles. The number of ether oxygens (including phenoxy) is 1. The van der Waals surface area contributed by atoms with Gasteiger partial charge in [-0.2, -0.15) is 5.26 Å². The van der Waals surface area contributed by atoms with E-state index in [1.165, 1.54) is 24.3 Å². The number of aromatic hydroxyl groups is 1. The van der Waals surface area contributed by atoms with Crippen LogP contribution in [0.5, 0.6) is 5.75 Å². The van der Waals surface area contributed by atoms with E-state index in [0.29, 0.717) is 5.56 Å². The van der Waals surface area contributed by atoms with Crippen LogP contribution in [0.25, 0.3) is 0 Å². The SMILES string of the molecule is Cc1cccc(C(=O)OCC(=O)N(CCC#N)c2ccccc2F)c1O. The van der Waals surface area contributed by atoms with E-state index in [-0.39, 0.29) is 30.0 Å². The molecule has 0 saturated heterocycles. The standard InChI is InChI=1S/C19H17FN2O4/c1-13-6-4-7-14(18(13)24)19(25)26-12-17(23)22(11-5-10-21)16-9-3-2-8-15(16)20/h2-4,6-9,24H,5,11-12H2,1H3. The molecule has 0 fully saturated rings. The lowest BCUT2D eigenvalue weighted by atomic mass is 10.1. The van der Waals surface area contributed by atoms with Crippen molar-refractivity contribution in [3.8, 4) is 11.8 Å². The van der Waals surface area contributed by atoms with E-state index in [2.05, 4.69) is 0 Å². The summed E-state index contributed by atoms with van der Waals surface area (Å²) >= 11 is 0. The number of nitrogens with zero attached hydrogens (tertiary/aromatic N) is 2. The van der Waals surface area contributed by atoms with Crippen molar-refractivity contribution in [2.24, 2.45) is 0 Å². The number of nitriles is 1. The molecule has 0 aliphatic rings. The zero-order valence-electron chi connectivity index (χ0n) is 14.1. The van der Waals surface area contributed by atoms with Crippen LogP contribution in [0.2, 0.25) is 0 Å². The number of para-hydroxylation sites is 2. The summed E-state index contributed by atoms with van der Waals surface area (Å²) in [5.74, 6) is -2.39. The summed E-state index contributed by atoms with van der Waals surface area (Å²) in [5.41, 5.74) is 0.433. The van der Waals surface area contributed by atoms with Gasteiger partial charge in [0, 0.05) is 6.54 Å². The van der Waals surface area contributed by atoms with Crippen LogP contribution in [0.1, 0.15) is 22.3 Å². The van der Waals surface area contributed by atoms with E-state index in [4.69, 9.17) is 10.00 Å². The minimum atomic E-state index is -0.867. The fourth-order valence-corrected chi connectivity index (χ4v) is 2.32. The third-order valence-corrected chi connectivity index (χ3v) is 3.68. The van der Waals surface area contributed by atoms with Gasteiger partial charge >= 0.3 is 5.97 Å². The highest BCUT2D eigenvalue weighted by molar-refractivity contribution is 5.98. The molecule has 0 atom stereocenters. The summed E-state index contributed by atoms with van der Waals surface area (Å²) in [6, 6.07) is 12.1. The lowest BCUT2D eigenvalue weighted by Crippen LogP contribution is -2.36. The number of carbonyl (C=O) groups is 2. The number of phenolic OH excluding ortho intramolecular Hbond substituents is 1. The third kappa shape index (κ3) is 4.36. The number of hydrogen-bond donors (Lipinski definition) is 1. The Balaban J connectivity index is 2.12. The van der Waals surface area contributed by atoms with Gasteiger partial charge < -0.3 is 14.7 Å². The smallest absolute Gasteiger partial charge is 0.342 e. The van der Waals surface area contributed by atoms with E-state index in [1.807, 2.05) is 6.07 Å². The summed E-state index contributed by atoms with van der Waals surface area (Å²) in [6.07, 6.45) is -0.00725. The zero-order chi connectivity index (χ0) is 19.1. The molecule has 2 aromatic rings. The van der Waals surface area contributed by atoms with Crippen molar-refractivity contribution in [1.29, 1.82) is 5.26 Å². The van der Waals surface area contributed by atoms with E-state index < -0.39 is 24.3 Å². The Bertz CT molecular complexity index is 861. The summed E-state index contributed by atoms with van der Waals surface area (Å²) in [7, 11) is 0. The Morgan fingerprint density at radius 1 is 1.23 bits per heavy atom. The number of halogens is 1. The van der Waals surface area contributed by atoms with Gasteiger partial charge in [0.05, 0.1) is 18.2 Å². The predicted molar refractivity (Wildman–Crippen MR) is 92.1 cm³/mol. The number of anilines is 1. The number of rotatable bonds is 6. The van der Waals surface area contributed by atoms with E-state index in [0.717, 1.165) is 4.90 Å². The largest absolute Gasteiger partial charge is 0.507 e. The monoisotopic (exact) mass is 356 g/mol. The van der Waals surface area contributed by atoms with Crippen molar-refractivity contribution < 1.29 is 23.8 Å². The first-order valence-corrected chi connectivity index (χ1v) is 7.83. The van der Waals surface area contributed by atoms with Gasteiger partial charge in [0.1, 0.15) is 17.1 Å². The average molecular weight is 356 g/mol. The molecule has 0 heterocycles. The molecule has 2 rings (SSSR count). The minimum absolute atomic E-state index is 0.00204.